The molecule has 2 atom stereocenters. The zero-order chi connectivity index (χ0) is 26.9. The van der Waals surface area contributed by atoms with Crippen LogP contribution in [-0.4, -0.2) is 71.5 Å². The van der Waals surface area contributed by atoms with Gasteiger partial charge in [-0.3, -0.25) is 19.3 Å². The summed E-state index contributed by atoms with van der Waals surface area (Å²) in [4.78, 5) is 54.9. The van der Waals surface area contributed by atoms with Gasteiger partial charge in [-0.2, -0.15) is 0 Å². The van der Waals surface area contributed by atoms with E-state index in [0.29, 0.717) is 13.1 Å². The molecule has 1 unspecified atom stereocenters. The zero-order valence-electron chi connectivity index (χ0n) is 22.4. The number of esters is 1. The maximum Gasteiger partial charge on any atom is 0.410 e. The molecule has 1 aliphatic heterocycles. The van der Waals surface area contributed by atoms with E-state index >= 15 is 0 Å². The average Bonchev–Trinajstić information content (AvgIpc) is 2.81. The van der Waals surface area contributed by atoms with Gasteiger partial charge in [-0.25, -0.2) is 4.79 Å². The van der Waals surface area contributed by atoms with Crippen LogP contribution in [0.25, 0.3) is 0 Å². The number of nitrogens with zero attached hydrogens (tertiary/aromatic N) is 2. The standard InChI is InChI=1S/C27H41N3O6/c1-19(2)23(29(6)26(34)36-27(3,4)5)24(32)28-21(25(33)30-15-11-8-12-16-30)17-22(31)35-18-20-13-9-7-10-14-20/h7,9-10,13-14,19,21,23H,8,11-12,15-18H2,1-6H3,(H,28,32)/t21?,23-/m0/s1. The molecule has 1 aromatic carbocycles. The molecule has 3 amide bonds. The lowest BCUT2D eigenvalue weighted by Crippen LogP contribution is -2.57. The lowest BCUT2D eigenvalue weighted by Gasteiger charge is -2.34. The highest BCUT2D eigenvalue weighted by atomic mass is 16.6. The zero-order valence-corrected chi connectivity index (χ0v) is 22.4. The van der Waals surface area contributed by atoms with E-state index in [4.69, 9.17) is 9.47 Å². The third kappa shape index (κ3) is 9.17. The molecule has 1 aromatic rings. The van der Waals surface area contributed by atoms with Crippen molar-refractivity contribution in [2.45, 2.75) is 84.6 Å². The summed E-state index contributed by atoms with van der Waals surface area (Å²) >= 11 is 0. The Morgan fingerprint density at radius 1 is 1.03 bits per heavy atom. The van der Waals surface area contributed by atoms with Crippen LogP contribution in [0.2, 0.25) is 0 Å². The maximum absolute atomic E-state index is 13.4. The minimum absolute atomic E-state index is 0.0776. The molecule has 1 N–H and O–H groups in total. The Hall–Kier alpha value is -3.10. The molecule has 1 heterocycles. The first-order chi connectivity index (χ1) is 16.9. The summed E-state index contributed by atoms with van der Waals surface area (Å²) in [6, 6.07) is 7.26. The van der Waals surface area contributed by atoms with Crippen LogP contribution in [0.1, 0.15) is 65.9 Å². The molecule has 1 saturated heterocycles. The van der Waals surface area contributed by atoms with Crippen molar-refractivity contribution in [2.24, 2.45) is 5.92 Å². The monoisotopic (exact) mass is 503 g/mol. The lowest BCUT2D eigenvalue weighted by molar-refractivity contribution is -0.149. The van der Waals surface area contributed by atoms with E-state index in [1.54, 1.807) is 39.5 Å². The Kier molecular flexibility index (Phi) is 10.7. The van der Waals surface area contributed by atoms with Gasteiger partial charge in [-0.15, -0.1) is 0 Å². The van der Waals surface area contributed by atoms with Gasteiger partial charge in [0.05, 0.1) is 6.42 Å². The minimum atomic E-state index is -1.09. The van der Waals surface area contributed by atoms with Crippen molar-refractivity contribution in [3.8, 4) is 0 Å². The molecule has 0 radical (unpaired) electrons. The summed E-state index contributed by atoms with van der Waals surface area (Å²) < 4.78 is 10.8. The number of carbonyl (C=O) groups excluding carboxylic acids is 4. The molecule has 0 saturated carbocycles. The van der Waals surface area contributed by atoms with Crippen molar-refractivity contribution in [2.75, 3.05) is 20.1 Å². The predicted molar refractivity (Wildman–Crippen MR) is 136 cm³/mol. The number of ether oxygens (including phenoxy) is 2. The van der Waals surface area contributed by atoms with Crippen LogP contribution in [-0.2, 0) is 30.5 Å². The van der Waals surface area contributed by atoms with Gasteiger partial charge in [0.15, 0.2) is 0 Å². The van der Waals surface area contributed by atoms with E-state index in [0.717, 1.165) is 24.8 Å². The van der Waals surface area contributed by atoms with Crippen LogP contribution in [0.15, 0.2) is 30.3 Å². The molecule has 9 heteroatoms. The Balaban J connectivity index is 2.15. The summed E-state index contributed by atoms with van der Waals surface area (Å²) in [5.41, 5.74) is 0.103. The van der Waals surface area contributed by atoms with Crippen molar-refractivity contribution in [3.63, 3.8) is 0 Å². The summed E-state index contributed by atoms with van der Waals surface area (Å²) in [7, 11) is 1.49. The number of benzene rings is 1. The second-order valence-corrected chi connectivity index (χ2v) is 10.6. The van der Waals surface area contributed by atoms with Crippen molar-refractivity contribution in [3.05, 3.63) is 35.9 Å². The fraction of sp³-hybridized carbons (Fsp3) is 0.630. The largest absolute Gasteiger partial charge is 0.461 e. The van der Waals surface area contributed by atoms with Crippen LogP contribution in [0.4, 0.5) is 4.79 Å². The Bertz CT molecular complexity index is 891. The smallest absolute Gasteiger partial charge is 0.410 e. The van der Waals surface area contributed by atoms with Crippen LogP contribution < -0.4 is 5.32 Å². The van der Waals surface area contributed by atoms with Gasteiger partial charge in [-0.05, 0) is 51.5 Å². The Morgan fingerprint density at radius 3 is 2.19 bits per heavy atom. The number of amides is 3. The predicted octanol–water partition coefficient (Wildman–Crippen LogP) is 3.51. The first-order valence-electron chi connectivity index (χ1n) is 12.6. The molecule has 1 fully saturated rings. The summed E-state index contributed by atoms with van der Waals surface area (Å²) in [5.74, 6) is -1.69. The first kappa shape index (κ1) is 29.1. The number of hydrogen-bond acceptors (Lipinski definition) is 6. The van der Waals surface area contributed by atoms with Crippen molar-refractivity contribution in [1.29, 1.82) is 0 Å². The molecular weight excluding hydrogens is 462 g/mol. The average molecular weight is 504 g/mol. The van der Waals surface area contributed by atoms with Gasteiger partial charge in [-0.1, -0.05) is 44.2 Å². The molecular formula is C27H41N3O6. The molecule has 200 valence electrons. The van der Waals surface area contributed by atoms with Gasteiger partial charge in [0.25, 0.3) is 0 Å². The number of rotatable bonds is 9. The lowest BCUT2D eigenvalue weighted by atomic mass is 10.0. The van der Waals surface area contributed by atoms with Gasteiger partial charge < -0.3 is 19.7 Å². The normalized spacial score (nSPS) is 15.6. The van der Waals surface area contributed by atoms with Gasteiger partial charge in [0.1, 0.15) is 24.3 Å². The van der Waals surface area contributed by atoms with Crippen molar-refractivity contribution in [1.82, 2.24) is 15.1 Å². The quantitative estimate of drug-likeness (QED) is 0.517. The van der Waals surface area contributed by atoms with Gasteiger partial charge >= 0.3 is 12.1 Å². The highest BCUT2D eigenvalue weighted by molar-refractivity contribution is 5.93. The molecule has 0 spiro atoms. The van der Waals surface area contributed by atoms with E-state index in [1.807, 2.05) is 30.3 Å². The highest BCUT2D eigenvalue weighted by Gasteiger charge is 2.36. The third-order valence-corrected chi connectivity index (χ3v) is 5.89. The highest BCUT2D eigenvalue weighted by Crippen LogP contribution is 2.17. The summed E-state index contributed by atoms with van der Waals surface area (Å²) in [6.45, 7) is 10.1. The molecule has 0 aromatic heterocycles. The molecule has 36 heavy (non-hydrogen) atoms. The van der Waals surface area contributed by atoms with Crippen molar-refractivity contribution >= 4 is 23.9 Å². The molecule has 0 bridgehead atoms. The summed E-state index contributed by atoms with van der Waals surface area (Å²) in [5, 5.41) is 2.74. The number of carbonyl (C=O) groups is 4. The van der Waals surface area contributed by atoms with Crippen LogP contribution in [0, 0.1) is 5.92 Å². The van der Waals surface area contributed by atoms with Gasteiger partial charge in [0, 0.05) is 20.1 Å². The topological polar surface area (TPSA) is 105 Å². The van der Waals surface area contributed by atoms with Crippen LogP contribution in [0.5, 0.6) is 0 Å². The van der Waals surface area contributed by atoms with E-state index in [9.17, 15) is 19.2 Å². The summed E-state index contributed by atoms with van der Waals surface area (Å²) in [6.07, 6.45) is 1.85. The molecule has 0 aliphatic carbocycles. The Labute approximate surface area is 214 Å². The number of piperidine rings is 1. The van der Waals surface area contributed by atoms with E-state index in [2.05, 4.69) is 5.32 Å². The van der Waals surface area contributed by atoms with E-state index in [1.165, 1.54) is 11.9 Å². The number of likely N-dealkylation sites (N-methyl/N-ethyl adjacent to an activating group) is 1. The third-order valence-electron chi connectivity index (χ3n) is 5.89. The van der Waals surface area contributed by atoms with E-state index in [-0.39, 0.29) is 24.9 Å². The number of hydrogen-bond donors (Lipinski definition) is 1. The first-order valence-corrected chi connectivity index (χ1v) is 12.6. The number of nitrogens with one attached hydrogen (secondary N) is 1. The van der Waals surface area contributed by atoms with E-state index < -0.39 is 35.7 Å². The second kappa shape index (κ2) is 13.3. The maximum atomic E-state index is 13.4. The van der Waals surface area contributed by atoms with Crippen LogP contribution in [0.3, 0.4) is 0 Å². The second-order valence-electron chi connectivity index (χ2n) is 10.6. The van der Waals surface area contributed by atoms with Crippen LogP contribution >= 0.6 is 0 Å². The fourth-order valence-corrected chi connectivity index (χ4v) is 4.13. The fourth-order valence-electron chi connectivity index (χ4n) is 4.13. The Morgan fingerprint density at radius 2 is 1.64 bits per heavy atom. The number of likely N-dealkylation sites (tertiary alicyclic amines) is 1. The van der Waals surface area contributed by atoms with Crippen molar-refractivity contribution < 1.29 is 28.7 Å². The SMILES string of the molecule is CC(C)[C@@H](C(=O)NC(CC(=O)OCc1ccccc1)C(=O)N1CCCCC1)N(C)C(=O)OC(C)(C)C. The molecule has 9 nitrogen and oxygen atoms in total. The van der Waals surface area contributed by atoms with Gasteiger partial charge in [0.2, 0.25) is 11.8 Å². The minimum Gasteiger partial charge on any atom is -0.461 e. The molecule has 2 rings (SSSR count). The molecule has 1 aliphatic rings.